The standard InChI is InChI=1S/C12H12N2O/c15-12-4-3-9-6-8-2-1-5-13-10(8)7-11(9)14-12/h3-4,6-7,13H,1-2,5H2,(H,14,15). The third-order valence-corrected chi connectivity index (χ3v) is 2.89. The number of pyridine rings is 1. The first kappa shape index (κ1) is 8.53. The maximum atomic E-state index is 11.2. The molecule has 1 aromatic carbocycles. The lowest BCUT2D eigenvalue weighted by Crippen LogP contribution is -2.12. The van der Waals surface area contributed by atoms with Gasteiger partial charge in [-0.3, -0.25) is 4.79 Å². The molecular weight excluding hydrogens is 188 g/mol. The summed E-state index contributed by atoms with van der Waals surface area (Å²) in [6.45, 7) is 1.02. The number of H-pyrrole nitrogens is 1. The zero-order chi connectivity index (χ0) is 10.3. The van der Waals surface area contributed by atoms with Gasteiger partial charge in [0.15, 0.2) is 0 Å². The summed E-state index contributed by atoms with van der Waals surface area (Å²) in [5.74, 6) is 0. The van der Waals surface area contributed by atoms with E-state index in [0.717, 1.165) is 29.6 Å². The van der Waals surface area contributed by atoms with E-state index in [4.69, 9.17) is 0 Å². The molecule has 0 spiro atoms. The van der Waals surface area contributed by atoms with Crippen molar-refractivity contribution in [3.8, 4) is 0 Å². The highest BCUT2D eigenvalue weighted by Crippen LogP contribution is 2.25. The monoisotopic (exact) mass is 200 g/mol. The molecule has 1 aliphatic rings. The van der Waals surface area contributed by atoms with E-state index in [1.165, 1.54) is 12.0 Å². The fraction of sp³-hybridized carbons (Fsp3) is 0.250. The number of hydrogen-bond donors (Lipinski definition) is 2. The Morgan fingerprint density at radius 3 is 3.07 bits per heavy atom. The van der Waals surface area contributed by atoms with Crippen LogP contribution >= 0.6 is 0 Å². The van der Waals surface area contributed by atoms with Gasteiger partial charge < -0.3 is 10.3 Å². The Morgan fingerprint density at radius 1 is 1.20 bits per heavy atom. The molecule has 0 fully saturated rings. The quantitative estimate of drug-likeness (QED) is 0.682. The van der Waals surface area contributed by atoms with Gasteiger partial charge in [0, 0.05) is 18.3 Å². The maximum Gasteiger partial charge on any atom is 0.248 e. The molecule has 3 rings (SSSR count). The maximum absolute atomic E-state index is 11.2. The van der Waals surface area contributed by atoms with E-state index in [9.17, 15) is 4.79 Å². The van der Waals surface area contributed by atoms with Gasteiger partial charge in [-0.2, -0.15) is 0 Å². The molecule has 2 N–H and O–H groups in total. The van der Waals surface area contributed by atoms with Crippen molar-refractivity contribution in [1.82, 2.24) is 4.98 Å². The largest absolute Gasteiger partial charge is 0.385 e. The molecule has 2 aromatic rings. The Bertz CT molecular complexity index is 571. The second kappa shape index (κ2) is 3.12. The Hall–Kier alpha value is -1.77. The molecule has 0 unspecified atom stereocenters. The Balaban J connectivity index is 2.30. The summed E-state index contributed by atoms with van der Waals surface area (Å²) >= 11 is 0. The van der Waals surface area contributed by atoms with Gasteiger partial charge in [0.25, 0.3) is 0 Å². The molecular formula is C12H12N2O. The number of rotatable bonds is 0. The van der Waals surface area contributed by atoms with Crippen molar-refractivity contribution in [3.63, 3.8) is 0 Å². The fourth-order valence-electron chi connectivity index (χ4n) is 2.12. The van der Waals surface area contributed by atoms with E-state index in [2.05, 4.69) is 16.4 Å². The van der Waals surface area contributed by atoms with Crippen molar-refractivity contribution in [2.24, 2.45) is 0 Å². The van der Waals surface area contributed by atoms with Gasteiger partial charge in [-0.05, 0) is 42.0 Å². The summed E-state index contributed by atoms with van der Waals surface area (Å²) in [4.78, 5) is 14.0. The summed E-state index contributed by atoms with van der Waals surface area (Å²) in [5.41, 5.74) is 3.38. The molecule has 0 radical (unpaired) electrons. The number of aryl methyl sites for hydroxylation is 1. The van der Waals surface area contributed by atoms with Crippen molar-refractivity contribution < 1.29 is 0 Å². The first-order valence-electron chi connectivity index (χ1n) is 5.23. The predicted molar refractivity (Wildman–Crippen MR) is 61.4 cm³/mol. The second-order valence-electron chi connectivity index (χ2n) is 3.95. The van der Waals surface area contributed by atoms with Gasteiger partial charge in [0.1, 0.15) is 0 Å². The van der Waals surface area contributed by atoms with Crippen LogP contribution < -0.4 is 10.9 Å². The molecule has 0 atom stereocenters. The third-order valence-electron chi connectivity index (χ3n) is 2.89. The second-order valence-corrected chi connectivity index (χ2v) is 3.95. The molecule has 0 aliphatic carbocycles. The van der Waals surface area contributed by atoms with Crippen molar-refractivity contribution in [2.75, 3.05) is 11.9 Å². The zero-order valence-corrected chi connectivity index (χ0v) is 8.34. The minimum Gasteiger partial charge on any atom is -0.385 e. The molecule has 2 heterocycles. The number of fused-ring (bicyclic) bond motifs is 2. The number of aromatic nitrogens is 1. The van der Waals surface area contributed by atoms with Crippen LogP contribution in [0.1, 0.15) is 12.0 Å². The number of aromatic amines is 1. The van der Waals surface area contributed by atoms with Gasteiger partial charge in [0.2, 0.25) is 5.56 Å². The van der Waals surface area contributed by atoms with Crippen LogP contribution in [0.2, 0.25) is 0 Å². The molecule has 0 saturated heterocycles. The minimum absolute atomic E-state index is 0.0433. The van der Waals surface area contributed by atoms with Crippen LogP contribution in [0.4, 0.5) is 5.69 Å². The van der Waals surface area contributed by atoms with E-state index < -0.39 is 0 Å². The van der Waals surface area contributed by atoms with Crippen LogP contribution in [0.5, 0.6) is 0 Å². The molecule has 0 saturated carbocycles. The highest BCUT2D eigenvalue weighted by atomic mass is 16.1. The molecule has 0 amide bonds. The van der Waals surface area contributed by atoms with Crippen LogP contribution in [0.15, 0.2) is 29.1 Å². The molecule has 15 heavy (non-hydrogen) atoms. The summed E-state index contributed by atoms with van der Waals surface area (Å²) in [5, 5.41) is 4.46. The molecule has 3 nitrogen and oxygen atoms in total. The first-order chi connectivity index (χ1) is 7.33. The fourth-order valence-corrected chi connectivity index (χ4v) is 2.12. The van der Waals surface area contributed by atoms with Crippen molar-refractivity contribution in [1.29, 1.82) is 0 Å². The lowest BCUT2D eigenvalue weighted by Gasteiger charge is -2.18. The number of benzene rings is 1. The Labute approximate surface area is 87.1 Å². The summed E-state index contributed by atoms with van der Waals surface area (Å²) < 4.78 is 0. The van der Waals surface area contributed by atoms with Crippen LogP contribution in [0, 0.1) is 0 Å². The number of anilines is 1. The highest BCUT2D eigenvalue weighted by molar-refractivity contribution is 5.84. The van der Waals surface area contributed by atoms with E-state index in [1.54, 1.807) is 6.07 Å². The Morgan fingerprint density at radius 2 is 2.13 bits per heavy atom. The van der Waals surface area contributed by atoms with E-state index in [1.807, 2.05) is 12.1 Å². The van der Waals surface area contributed by atoms with Crippen LogP contribution in [0.3, 0.4) is 0 Å². The molecule has 3 heteroatoms. The lowest BCUT2D eigenvalue weighted by atomic mass is 10.0. The average Bonchev–Trinajstić information content (AvgIpc) is 2.26. The minimum atomic E-state index is -0.0433. The van der Waals surface area contributed by atoms with Gasteiger partial charge in [-0.15, -0.1) is 0 Å². The van der Waals surface area contributed by atoms with Crippen molar-refractivity contribution in [3.05, 3.63) is 40.2 Å². The number of nitrogens with one attached hydrogen (secondary N) is 2. The van der Waals surface area contributed by atoms with E-state index in [-0.39, 0.29) is 5.56 Å². The SMILES string of the molecule is O=c1ccc2cc3c(cc2[nH]1)NCCC3. The zero-order valence-electron chi connectivity index (χ0n) is 8.34. The smallest absolute Gasteiger partial charge is 0.248 e. The summed E-state index contributed by atoms with van der Waals surface area (Å²) in [6.07, 6.45) is 2.30. The predicted octanol–water partition coefficient (Wildman–Crippen LogP) is 1.89. The molecule has 1 aromatic heterocycles. The molecule has 76 valence electrons. The van der Waals surface area contributed by atoms with E-state index >= 15 is 0 Å². The van der Waals surface area contributed by atoms with Crippen LogP contribution in [-0.2, 0) is 6.42 Å². The molecule has 1 aliphatic heterocycles. The first-order valence-corrected chi connectivity index (χ1v) is 5.23. The highest BCUT2D eigenvalue weighted by Gasteiger charge is 2.09. The number of hydrogen-bond acceptors (Lipinski definition) is 2. The van der Waals surface area contributed by atoms with E-state index in [0.29, 0.717) is 0 Å². The Kier molecular flexibility index (Phi) is 1.78. The van der Waals surface area contributed by atoms with Crippen LogP contribution in [-0.4, -0.2) is 11.5 Å². The van der Waals surface area contributed by atoms with Gasteiger partial charge >= 0.3 is 0 Å². The lowest BCUT2D eigenvalue weighted by molar-refractivity contribution is 0.831. The summed E-state index contributed by atoms with van der Waals surface area (Å²) in [7, 11) is 0. The average molecular weight is 200 g/mol. The molecule has 0 bridgehead atoms. The topological polar surface area (TPSA) is 44.9 Å². The van der Waals surface area contributed by atoms with Crippen molar-refractivity contribution >= 4 is 16.6 Å². The van der Waals surface area contributed by atoms with Gasteiger partial charge in [0.05, 0.1) is 5.52 Å². The van der Waals surface area contributed by atoms with Gasteiger partial charge in [-0.25, -0.2) is 0 Å². The third kappa shape index (κ3) is 1.40. The van der Waals surface area contributed by atoms with Crippen molar-refractivity contribution in [2.45, 2.75) is 12.8 Å². The van der Waals surface area contributed by atoms with Gasteiger partial charge in [-0.1, -0.05) is 0 Å². The van der Waals surface area contributed by atoms with Crippen LogP contribution in [0.25, 0.3) is 10.9 Å². The summed E-state index contributed by atoms with van der Waals surface area (Å²) in [6, 6.07) is 7.64. The normalized spacial score (nSPS) is 14.7.